The van der Waals surface area contributed by atoms with Crippen LogP contribution in [0.5, 0.6) is 0 Å². The molecular formula is C21H31N5. The van der Waals surface area contributed by atoms with Crippen molar-refractivity contribution in [2.45, 2.75) is 26.7 Å². The number of hydrogen-bond donors (Lipinski definition) is 0. The molecule has 140 valence electrons. The molecule has 5 nitrogen and oxygen atoms in total. The van der Waals surface area contributed by atoms with Crippen molar-refractivity contribution < 1.29 is 0 Å². The Morgan fingerprint density at radius 1 is 1.00 bits per heavy atom. The summed E-state index contributed by atoms with van der Waals surface area (Å²) in [5.41, 5.74) is 2.15. The predicted octanol–water partition coefficient (Wildman–Crippen LogP) is 3.52. The molecule has 0 aliphatic carbocycles. The quantitative estimate of drug-likeness (QED) is 0.761. The third kappa shape index (κ3) is 4.52. The summed E-state index contributed by atoms with van der Waals surface area (Å²) in [6.07, 6.45) is 2.36. The van der Waals surface area contributed by atoms with E-state index in [9.17, 15) is 0 Å². The van der Waals surface area contributed by atoms with Crippen molar-refractivity contribution in [2.75, 3.05) is 56.1 Å². The van der Waals surface area contributed by atoms with E-state index in [-0.39, 0.29) is 0 Å². The molecule has 2 heterocycles. The number of unbranched alkanes of at least 4 members (excludes halogenated alkanes) is 1. The van der Waals surface area contributed by atoms with Gasteiger partial charge in [-0.25, -0.2) is 4.98 Å². The third-order valence-electron chi connectivity index (χ3n) is 5.11. The lowest BCUT2D eigenvalue weighted by atomic mass is 10.1. The van der Waals surface area contributed by atoms with Gasteiger partial charge in [0.05, 0.1) is 5.69 Å². The fraction of sp³-hybridized carbons (Fsp3) is 0.524. The number of aromatic nitrogens is 2. The van der Waals surface area contributed by atoms with Crippen LogP contribution in [-0.2, 0) is 0 Å². The van der Waals surface area contributed by atoms with E-state index in [1.165, 1.54) is 12.8 Å². The van der Waals surface area contributed by atoms with Crippen LogP contribution < -0.4 is 9.80 Å². The second-order valence-electron chi connectivity index (χ2n) is 6.97. The Kier molecular flexibility index (Phi) is 6.45. The highest BCUT2D eigenvalue weighted by Gasteiger charge is 2.20. The fourth-order valence-corrected chi connectivity index (χ4v) is 3.29. The maximum atomic E-state index is 4.91. The minimum atomic E-state index is 0.862. The first-order chi connectivity index (χ1) is 12.7. The van der Waals surface area contributed by atoms with E-state index < -0.39 is 0 Å². The van der Waals surface area contributed by atoms with Crippen molar-refractivity contribution in [3.05, 3.63) is 36.4 Å². The van der Waals surface area contributed by atoms with Crippen molar-refractivity contribution >= 4 is 11.8 Å². The average Bonchev–Trinajstić information content (AvgIpc) is 2.72. The molecule has 1 aliphatic rings. The Labute approximate surface area is 157 Å². The lowest BCUT2D eigenvalue weighted by Gasteiger charge is -2.34. The van der Waals surface area contributed by atoms with E-state index in [1.807, 2.05) is 6.07 Å². The molecule has 3 rings (SSSR count). The molecule has 0 spiro atoms. The van der Waals surface area contributed by atoms with E-state index in [0.717, 1.165) is 62.3 Å². The second kappa shape index (κ2) is 8.99. The molecule has 0 amide bonds. The van der Waals surface area contributed by atoms with Crippen molar-refractivity contribution in [1.82, 2.24) is 14.9 Å². The van der Waals surface area contributed by atoms with Crippen molar-refractivity contribution in [2.24, 2.45) is 0 Å². The molecular weight excluding hydrogens is 322 g/mol. The van der Waals surface area contributed by atoms with Crippen LogP contribution in [0.2, 0.25) is 0 Å². The number of likely N-dealkylation sites (N-methyl/N-ethyl adjacent to an activating group) is 1. The topological polar surface area (TPSA) is 35.5 Å². The largest absolute Gasteiger partial charge is 0.359 e. The number of rotatable bonds is 7. The third-order valence-corrected chi connectivity index (χ3v) is 5.11. The molecule has 0 saturated carbocycles. The lowest BCUT2D eigenvalue weighted by molar-refractivity contribution is 0.270. The first kappa shape index (κ1) is 18.6. The fourth-order valence-electron chi connectivity index (χ4n) is 3.29. The summed E-state index contributed by atoms with van der Waals surface area (Å²) in [6, 6.07) is 12.5. The van der Waals surface area contributed by atoms with Crippen LogP contribution in [0.1, 0.15) is 26.7 Å². The highest BCUT2D eigenvalue weighted by molar-refractivity contribution is 5.65. The minimum absolute atomic E-state index is 0.862. The highest BCUT2D eigenvalue weighted by Crippen LogP contribution is 2.25. The number of anilines is 2. The summed E-state index contributed by atoms with van der Waals surface area (Å²) >= 11 is 0. The highest BCUT2D eigenvalue weighted by atomic mass is 15.3. The van der Waals surface area contributed by atoms with Gasteiger partial charge < -0.3 is 14.7 Å². The zero-order valence-electron chi connectivity index (χ0n) is 16.4. The smallest absolute Gasteiger partial charge is 0.227 e. The van der Waals surface area contributed by atoms with Crippen molar-refractivity contribution in [1.29, 1.82) is 0 Å². The van der Waals surface area contributed by atoms with E-state index in [1.54, 1.807) is 0 Å². The van der Waals surface area contributed by atoms with E-state index in [2.05, 4.69) is 65.9 Å². The minimum Gasteiger partial charge on any atom is -0.359 e. The predicted molar refractivity (Wildman–Crippen MR) is 110 cm³/mol. The molecule has 0 unspecified atom stereocenters. The van der Waals surface area contributed by atoms with Crippen LogP contribution >= 0.6 is 0 Å². The number of benzene rings is 1. The van der Waals surface area contributed by atoms with Gasteiger partial charge in [0.2, 0.25) is 5.95 Å². The molecule has 1 aromatic heterocycles. The van der Waals surface area contributed by atoms with Gasteiger partial charge in [0, 0.05) is 51.4 Å². The van der Waals surface area contributed by atoms with Gasteiger partial charge in [-0.15, -0.1) is 0 Å². The van der Waals surface area contributed by atoms with Crippen LogP contribution in [0.15, 0.2) is 36.4 Å². The Morgan fingerprint density at radius 2 is 1.73 bits per heavy atom. The molecule has 1 aliphatic heterocycles. The van der Waals surface area contributed by atoms with Gasteiger partial charge in [-0.2, -0.15) is 4.98 Å². The second-order valence-corrected chi connectivity index (χ2v) is 6.97. The molecule has 26 heavy (non-hydrogen) atoms. The van der Waals surface area contributed by atoms with E-state index in [0.29, 0.717) is 0 Å². The van der Waals surface area contributed by atoms with Gasteiger partial charge in [0.25, 0.3) is 0 Å². The van der Waals surface area contributed by atoms with Gasteiger partial charge in [-0.05, 0) is 13.0 Å². The van der Waals surface area contributed by atoms with Gasteiger partial charge in [-0.1, -0.05) is 50.6 Å². The summed E-state index contributed by atoms with van der Waals surface area (Å²) in [5.74, 6) is 1.88. The summed E-state index contributed by atoms with van der Waals surface area (Å²) in [4.78, 5) is 16.9. The Morgan fingerprint density at radius 3 is 2.38 bits per heavy atom. The van der Waals surface area contributed by atoms with Crippen LogP contribution in [0.4, 0.5) is 11.8 Å². The molecule has 1 fully saturated rings. The molecule has 0 atom stereocenters. The van der Waals surface area contributed by atoms with Crippen LogP contribution in [0, 0.1) is 0 Å². The standard InChI is InChI=1S/C21H31N5/c1-4-6-12-24(3)20-17-19(18-10-8-7-9-11-18)22-21(23-20)26-15-13-25(5-2)14-16-26/h7-11,17H,4-6,12-16H2,1-3H3. The molecule has 1 saturated heterocycles. The molecule has 0 bridgehead atoms. The lowest BCUT2D eigenvalue weighted by Crippen LogP contribution is -2.46. The Balaban J connectivity index is 1.90. The van der Waals surface area contributed by atoms with Crippen LogP contribution in [-0.4, -0.2) is 61.2 Å². The zero-order chi connectivity index (χ0) is 18.4. The number of hydrogen-bond acceptors (Lipinski definition) is 5. The first-order valence-corrected chi connectivity index (χ1v) is 9.84. The van der Waals surface area contributed by atoms with Crippen molar-refractivity contribution in [3.8, 4) is 11.3 Å². The van der Waals surface area contributed by atoms with Gasteiger partial charge >= 0.3 is 0 Å². The summed E-state index contributed by atoms with van der Waals surface area (Å²) < 4.78 is 0. The summed E-state index contributed by atoms with van der Waals surface area (Å²) in [6.45, 7) is 10.7. The Bertz CT molecular complexity index is 680. The first-order valence-electron chi connectivity index (χ1n) is 9.84. The zero-order valence-corrected chi connectivity index (χ0v) is 16.4. The van der Waals surface area contributed by atoms with E-state index >= 15 is 0 Å². The van der Waals surface area contributed by atoms with Crippen molar-refractivity contribution in [3.63, 3.8) is 0 Å². The van der Waals surface area contributed by atoms with Crippen LogP contribution in [0.25, 0.3) is 11.3 Å². The summed E-state index contributed by atoms with van der Waals surface area (Å²) in [5, 5.41) is 0. The summed E-state index contributed by atoms with van der Waals surface area (Å²) in [7, 11) is 2.13. The number of nitrogens with zero attached hydrogens (tertiary/aromatic N) is 5. The average molecular weight is 354 g/mol. The Hall–Kier alpha value is -2.14. The molecule has 2 aromatic rings. The van der Waals surface area contributed by atoms with E-state index in [4.69, 9.17) is 9.97 Å². The molecule has 5 heteroatoms. The maximum Gasteiger partial charge on any atom is 0.227 e. The SMILES string of the molecule is CCCCN(C)c1cc(-c2ccccc2)nc(N2CCN(CC)CC2)n1. The maximum absolute atomic E-state index is 4.91. The molecule has 0 radical (unpaired) electrons. The van der Waals surface area contributed by atoms with Gasteiger partial charge in [-0.3, -0.25) is 0 Å². The van der Waals surface area contributed by atoms with Crippen LogP contribution in [0.3, 0.4) is 0 Å². The normalized spacial score (nSPS) is 15.3. The molecule has 1 aromatic carbocycles. The molecule has 0 N–H and O–H groups in total. The van der Waals surface area contributed by atoms with Gasteiger partial charge in [0.1, 0.15) is 5.82 Å². The van der Waals surface area contributed by atoms with Gasteiger partial charge in [0.15, 0.2) is 0 Å². The number of piperazine rings is 1. The monoisotopic (exact) mass is 353 g/mol.